The summed E-state index contributed by atoms with van der Waals surface area (Å²) in [5.41, 5.74) is 0.534. The molecule has 3 aliphatic rings. The number of hydrogen-bond donors (Lipinski definition) is 0. The lowest BCUT2D eigenvalue weighted by Crippen LogP contribution is -2.49. The van der Waals surface area contributed by atoms with Gasteiger partial charge < -0.3 is 14.5 Å². The van der Waals surface area contributed by atoms with Gasteiger partial charge >= 0.3 is 0 Å². The number of carbonyl (C=O) groups is 1. The first-order valence-electron chi connectivity index (χ1n) is 10.1. The van der Waals surface area contributed by atoms with Crippen LogP contribution in [0.15, 0.2) is 24.4 Å². The Morgan fingerprint density at radius 3 is 2.73 bits per heavy atom. The van der Waals surface area contributed by atoms with E-state index in [0.29, 0.717) is 18.2 Å². The van der Waals surface area contributed by atoms with Gasteiger partial charge in [-0.15, -0.1) is 0 Å². The molecule has 1 aromatic heterocycles. The number of aromatic nitrogens is 1. The average Bonchev–Trinajstić information content (AvgIpc) is 3.12. The molecule has 0 aromatic carbocycles. The number of ether oxygens (including phenoxy) is 1. The van der Waals surface area contributed by atoms with Crippen molar-refractivity contribution in [2.24, 2.45) is 5.92 Å². The van der Waals surface area contributed by atoms with Crippen molar-refractivity contribution in [1.82, 2.24) is 19.7 Å². The molecule has 6 nitrogen and oxygen atoms in total. The molecule has 3 saturated heterocycles. The maximum Gasteiger partial charge on any atom is 0.272 e. The summed E-state index contributed by atoms with van der Waals surface area (Å²) in [6, 6.07) is 5.50. The van der Waals surface area contributed by atoms with Crippen LogP contribution >= 0.6 is 0 Å². The zero-order valence-corrected chi connectivity index (χ0v) is 15.6. The van der Waals surface area contributed by atoms with Gasteiger partial charge in [-0.25, -0.2) is 0 Å². The van der Waals surface area contributed by atoms with Crippen molar-refractivity contribution in [2.75, 3.05) is 59.0 Å². The Balaban J connectivity index is 1.30. The SMILES string of the molecule is O=C(c1ccccn1)N1CC[C@@H]2CN(CCN3CCCC3)CCO[C@@H]2C1. The van der Waals surface area contributed by atoms with E-state index >= 15 is 0 Å². The predicted molar refractivity (Wildman–Crippen MR) is 100 cm³/mol. The monoisotopic (exact) mass is 358 g/mol. The van der Waals surface area contributed by atoms with Gasteiger partial charge in [0.25, 0.3) is 5.91 Å². The molecule has 0 saturated carbocycles. The van der Waals surface area contributed by atoms with Crippen molar-refractivity contribution in [3.8, 4) is 0 Å². The van der Waals surface area contributed by atoms with Gasteiger partial charge in [-0.05, 0) is 44.5 Å². The van der Waals surface area contributed by atoms with Crippen molar-refractivity contribution in [2.45, 2.75) is 25.4 Å². The summed E-state index contributed by atoms with van der Waals surface area (Å²) >= 11 is 0. The minimum absolute atomic E-state index is 0.0304. The number of pyridine rings is 1. The zero-order valence-electron chi connectivity index (χ0n) is 15.6. The van der Waals surface area contributed by atoms with E-state index in [0.717, 1.165) is 39.2 Å². The highest BCUT2D eigenvalue weighted by atomic mass is 16.5. The van der Waals surface area contributed by atoms with Crippen molar-refractivity contribution in [3.63, 3.8) is 0 Å². The van der Waals surface area contributed by atoms with E-state index in [4.69, 9.17) is 4.74 Å². The highest BCUT2D eigenvalue weighted by molar-refractivity contribution is 5.92. The molecule has 2 atom stereocenters. The first-order chi connectivity index (χ1) is 12.8. The molecule has 142 valence electrons. The molecule has 0 bridgehead atoms. The van der Waals surface area contributed by atoms with Gasteiger partial charge in [0.2, 0.25) is 0 Å². The van der Waals surface area contributed by atoms with E-state index < -0.39 is 0 Å². The van der Waals surface area contributed by atoms with E-state index in [-0.39, 0.29) is 12.0 Å². The van der Waals surface area contributed by atoms with Gasteiger partial charge in [-0.3, -0.25) is 14.7 Å². The number of likely N-dealkylation sites (tertiary alicyclic amines) is 2. The molecule has 6 heteroatoms. The molecular weight excluding hydrogens is 328 g/mol. The van der Waals surface area contributed by atoms with Crippen LogP contribution in [0.3, 0.4) is 0 Å². The number of piperidine rings is 1. The quantitative estimate of drug-likeness (QED) is 0.813. The van der Waals surface area contributed by atoms with Crippen LogP contribution in [0, 0.1) is 5.92 Å². The van der Waals surface area contributed by atoms with Crippen molar-refractivity contribution in [3.05, 3.63) is 30.1 Å². The second-order valence-corrected chi connectivity index (χ2v) is 7.77. The van der Waals surface area contributed by atoms with Crippen LogP contribution in [0.5, 0.6) is 0 Å². The molecule has 3 aliphatic heterocycles. The topological polar surface area (TPSA) is 48.9 Å². The first-order valence-corrected chi connectivity index (χ1v) is 10.1. The second-order valence-electron chi connectivity index (χ2n) is 7.77. The Morgan fingerprint density at radius 2 is 1.92 bits per heavy atom. The van der Waals surface area contributed by atoms with Crippen LogP contribution in [-0.2, 0) is 4.74 Å². The number of carbonyl (C=O) groups excluding carboxylic acids is 1. The molecule has 1 amide bonds. The second kappa shape index (κ2) is 8.46. The fourth-order valence-electron chi connectivity index (χ4n) is 4.45. The average molecular weight is 358 g/mol. The molecule has 0 aliphatic carbocycles. The highest BCUT2D eigenvalue weighted by Crippen LogP contribution is 2.25. The minimum atomic E-state index is 0.0304. The largest absolute Gasteiger partial charge is 0.375 e. The summed E-state index contributed by atoms with van der Waals surface area (Å²) in [5.74, 6) is 0.562. The molecule has 26 heavy (non-hydrogen) atoms. The van der Waals surface area contributed by atoms with Gasteiger partial charge in [0.05, 0.1) is 12.7 Å². The number of fused-ring (bicyclic) bond motifs is 1. The van der Waals surface area contributed by atoms with Crippen LogP contribution in [0.2, 0.25) is 0 Å². The summed E-state index contributed by atoms with van der Waals surface area (Å²) in [7, 11) is 0. The Morgan fingerprint density at radius 1 is 1.08 bits per heavy atom. The summed E-state index contributed by atoms with van der Waals surface area (Å²) in [6.45, 7) is 9.23. The Bertz CT molecular complexity index is 591. The molecule has 0 unspecified atom stereocenters. The van der Waals surface area contributed by atoms with Gasteiger partial charge in [-0.1, -0.05) is 6.07 Å². The van der Waals surface area contributed by atoms with Crippen LogP contribution in [0.25, 0.3) is 0 Å². The molecule has 1 aromatic rings. The normalized spacial score (nSPS) is 27.9. The number of amides is 1. The van der Waals surface area contributed by atoms with E-state index in [1.807, 2.05) is 17.0 Å². The lowest BCUT2D eigenvalue weighted by atomic mass is 9.93. The van der Waals surface area contributed by atoms with Crippen LogP contribution in [-0.4, -0.2) is 90.7 Å². The molecule has 0 spiro atoms. The van der Waals surface area contributed by atoms with Gasteiger partial charge in [0.1, 0.15) is 5.69 Å². The van der Waals surface area contributed by atoms with Crippen LogP contribution in [0.4, 0.5) is 0 Å². The van der Waals surface area contributed by atoms with Gasteiger partial charge in [-0.2, -0.15) is 0 Å². The fraction of sp³-hybridized carbons (Fsp3) is 0.700. The third kappa shape index (κ3) is 4.24. The molecule has 0 radical (unpaired) electrons. The van der Waals surface area contributed by atoms with Crippen LogP contribution < -0.4 is 0 Å². The summed E-state index contributed by atoms with van der Waals surface area (Å²) in [6.07, 6.45) is 5.57. The number of rotatable bonds is 4. The molecule has 4 heterocycles. The third-order valence-corrected chi connectivity index (χ3v) is 6.03. The number of nitrogens with zero attached hydrogens (tertiary/aromatic N) is 4. The lowest BCUT2D eigenvalue weighted by Gasteiger charge is -2.38. The standard InChI is InChI=1S/C20H30N4O2/c25-20(18-5-1-2-7-21-18)24-10-6-17-15-23(13-14-26-19(17)16-24)12-11-22-8-3-4-9-22/h1-2,5,7,17,19H,3-4,6,8-16H2/t17-,19-/m1/s1. The van der Waals surface area contributed by atoms with E-state index in [1.54, 1.807) is 12.3 Å². The minimum Gasteiger partial charge on any atom is -0.375 e. The van der Waals surface area contributed by atoms with Crippen molar-refractivity contribution < 1.29 is 9.53 Å². The smallest absolute Gasteiger partial charge is 0.272 e. The molecule has 0 N–H and O–H groups in total. The van der Waals surface area contributed by atoms with Gasteiger partial charge in [0, 0.05) is 51.4 Å². The fourth-order valence-corrected chi connectivity index (χ4v) is 4.45. The van der Waals surface area contributed by atoms with E-state index in [2.05, 4.69) is 14.8 Å². The van der Waals surface area contributed by atoms with Crippen molar-refractivity contribution >= 4 is 5.91 Å². The maximum absolute atomic E-state index is 12.7. The molecule has 4 rings (SSSR count). The summed E-state index contributed by atoms with van der Waals surface area (Å²) in [4.78, 5) is 23.9. The lowest BCUT2D eigenvalue weighted by molar-refractivity contribution is -0.0172. The van der Waals surface area contributed by atoms with Crippen LogP contribution in [0.1, 0.15) is 29.8 Å². The first kappa shape index (κ1) is 17.9. The Kier molecular flexibility index (Phi) is 5.82. The molecule has 3 fully saturated rings. The Labute approximate surface area is 156 Å². The van der Waals surface area contributed by atoms with Crippen molar-refractivity contribution in [1.29, 1.82) is 0 Å². The van der Waals surface area contributed by atoms with Gasteiger partial charge in [0.15, 0.2) is 0 Å². The van der Waals surface area contributed by atoms with E-state index in [1.165, 1.54) is 32.5 Å². The van der Waals surface area contributed by atoms with E-state index in [9.17, 15) is 4.79 Å². The Hall–Kier alpha value is -1.50. The third-order valence-electron chi connectivity index (χ3n) is 6.03. The summed E-state index contributed by atoms with van der Waals surface area (Å²) < 4.78 is 6.16. The highest BCUT2D eigenvalue weighted by Gasteiger charge is 2.35. The maximum atomic E-state index is 12.7. The molecular formula is C20H30N4O2. The zero-order chi connectivity index (χ0) is 17.8. The predicted octanol–water partition coefficient (Wildman–Crippen LogP) is 1.34. The number of hydrogen-bond acceptors (Lipinski definition) is 5. The summed E-state index contributed by atoms with van der Waals surface area (Å²) in [5, 5.41) is 0.